The second-order valence-electron chi connectivity index (χ2n) is 6.23. The lowest BCUT2D eigenvalue weighted by Gasteiger charge is -2.32. The normalized spacial score (nSPS) is 22.9. The van der Waals surface area contributed by atoms with Gasteiger partial charge in [0.15, 0.2) is 0 Å². The molecule has 1 N–H and O–H groups in total. The molecule has 1 saturated heterocycles. The molecule has 1 aliphatic rings. The monoisotopic (exact) mass is 277 g/mol. The maximum absolute atomic E-state index is 12.4. The number of hydrogen-bond acceptors (Lipinski definition) is 3. The Labute approximate surface area is 120 Å². The Morgan fingerprint density at radius 1 is 1.30 bits per heavy atom. The zero-order chi connectivity index (χ0) is 14.8. The van der Waals surface area contributed by atoms with Crippen LogP contribution in [0.25, 0.3) is 0 Å². The lowest BCUT2D eigenvalue weighted by molar-refractivity contribution is 0.00869. The number of aliphatic hydroxyl groups is 1. The first kappa shape index (κ1) is 14.9. The highest BCUT2D eigenvalue weighted by Crippen LogP contribution is 2.36. The van der Waals surface area contributed by atoms with Crippen LogP contribution in [0.4, 0.5) is 4.79 Å². The second-order valence-corrected chi connectivity index (χ2v) is 6.23. The van der Waals surface area contributed by atoms with Gasteiger partial charge in [0, 0.05) is 0 Å². The van der Waals surface area contributed by atoms with Crippen molar-refractivity contribution >= 4 is 6.09 Å². The third kappa shape index (κ3) is 3.31. The van der Waals surface area contributed by atoms with E-state index in [4.69, 9.17) is 4.74 Å². The lowest BCUT2D eigenvalue weighted by Crippen LogP contribution is -2.42. The Morgan fingerprint density at radius 3 is 2.50 bits per heavy atom. The molecule has 0 saturated carbocycles. The maximum atomic E-state index is 12.4. The maximum Gasteiger partial charge on any atom is 0.411 e. The number of rotatable bonds is 2. The smallest absolute Gasteiger partial charge is 0.411 e. The van der Waals surface area contributed by atoms with Gasteiger partial charge in [-0.3, -0.25) is 4.90 Å². The Kier molecular flexibility index (Phi) is 4.33. The fourth-order valence-corrected chi connectivity index (χ4v) is 2.66. The first-order chi connectivity index (χ1) is 9.42. The minimum absolute atomic E-state index is 0.0109. The molecule has 1 aromatic carbocycles. The number of likely N-dealkylation sites (tertiary alicyclic amines) is 1. The second kappa shape index (κ2) is 5.83. The van der Waals surface area contributed by atoms with E-state index in [-0.39, 0.29) is 24.8 Å². The van der Waals surface area contributed by atoms with Gasteiger partial charge in [-0.15, -0.1) is 0 Å². The summed E-state index contributed by atoms with van der Waals surface area (Å²) in [6, 6.07) is 9.76. The molecule has 1 amide bonds. The van der Waals surface area contributed by atoms with E-state index in [2.05, 4.69) is 0 Å². The number of benzene rings is 1. The van der Waals surface area contributed by atoms with E-state index in [0.717, 1.165) is 18.4 Å². The molecule has 2 atom stereocenters. The molecule has 0 aliphatic carbocycles. The van der Waals surface area contributed by atoms with Crippen molar-refractivity contribution in [2.24, 2.45) is 0 Å². The number of hydrogen-bond donors (Lipinski definition) is 1. The highest BCUT2D eigenvalue weighted by Gasteiger charge is 2.39. The van der Waals surface area contributed by atoms with Crippen molar-refractivity contribution in [2.75, 3.05) is 6.61 Å². The topological polar surface area (TPSA) is 49.8 Å². The van der Waals surface area contributed by atoms with Gasteiger partial charge in [0.05, 0.1) is 18.7 Å². The van der Waals surface area contributed by atoms with E-state index in [0.29, 0.717) is 0 Å². The van der Waals surface area contributed by atoms with Crippen molar-refractivity contribution in [1.82, 2.24) is 4.90 Å². The molecule has 110 valence electrons. The zero-order valence-electron chi connectivity index (χ0n) is 12.4. The van der Waals surface area contributed by atoms with Gasteiger partial charge in [-0.1, -0.05) is 30.3 Å². The molecule has 0 unspecified atom stereocenters. The summed E-state index contributed by atoms with van der Waals surface area (Å²) in [5, 5.41) is 9.50. The summed E-state index contributed by atoms with van der Waals surface area (Å²) in [6.07, 6.45) is 1.31. The Balaban J connectivity index is 2.22. The average molecular weight is 277 g/mol. The van der Waals surface area contributed by atoms with Crippen LogP contribution in [0.2, 0.25) is 0 Å². The highest BCUT2D eigenvalue weighted by atomic mass is 16.6. The van der Waals surface area contributed by atoms with Crippen LogP contribution in [0.1, 0.15) is 45.2 Å². The molecule has 0 radical (unpaired) electrons. The fraction of sp³-hybridized carbons (Fsp3) is 0.562. The third-order valence-electron chi connectivity index (χ3n) is 3.50. The first-order valence-electron chi connectivity index (χ1n) is 7.09. The Hall–Kier alpha value is -1.55. The van der Waals surface area contributed by atoms with Crippen LogP contribution in [0.15, 0.2) is 30.3 Å². The molecule has 2 rings (SSSR count). The van der Waals surface area contributed by atoms with E-state index < -0.39 is 5.60 Å². The average Bonchev–Trinajstić information content (AvgIpc) is 2.81. The van der Waals surface area contributed by atoms with Gasteiger partial charge >= 0.3 is 6.09 Å². The third-order valence-corrected chi connectivity index (χ3v) is 3.50. The van der Waals surface area contributed by atoms with Crippen molar-refractivity contribution in [3.63, 3.8) is 0 Å². The quantitative estimate of drug-likeness (QED) is 0.903. The van der Waals surface area contributed by atoms with Gasteiger partial charge < -0.3 is 9.84 Å². The standard InChI is InChI=1S/C16H23NO3/c1-16(2,3)20-15(19)17-13(11-18)9-10-14(17)12-7-5-4-6-8-12/h4-8,13-14,18H,9-11H2,1-3H3/t13-,14+/m0/s1. The van der Waals surface area contributed by atoms with Gasteiger partial charge in [-0.05, 0) is 39.2 Å². The van der Waals surface area contributed by atoms with Crippen LogP contribution in [-0.2, 0) is 4.74 Å². The highest BCUT2D eigenvalue weighted by molar-refractivity contribution is 5.70. The molecule has 1 aliphatic heterocycles. The molecule has 1 aromatic rings. The molecular formula is C16H23NO3. The van der Waals surface area contributed by atoms with Crippen molar-refractivity contribution in [1.29, 1.82) is 0 Å². The molecular weight excluding hydrogens is 254 g/mol. The lowest BCUT2D eigenvalue weighted by atomic mass is 10.1. The minimum Gasteiger partial charge on any atom is -0.444 e. The molecule has 4 heteroatoms. The largest absolute Gasteiger partial charge is 0.444 e. The number of ether oxygens (including phenoxy) is 1. The molecule has 0 aromatic heterocycles. The van der Waals surface area contributed by atoms with Gasteiger partial charge in [-0.2, -0.15) is 0 Å². The number of carbonyl (C=O) groups is 1. The van der Waals surface area contributed by atoms with Crippen LogP contribution < -0.4 is 0 Å². The van der Waals surface area contributed by atoms with Crippen molar-refractivity contribution in [3.05, 3.63) is 35.9 Å². The van der Waals surface area contributed by atoms with E-state index >= 15 is 0 Å². The SMILES string of the molecule is CC(C)(C)OC(=O)N1[C@H](CO)CC[C@@H]1c1ccccc1. The molecule has 0 bridgehead atoms. The van der Waals surface area contributed by atoms with Crippen molar-refractivity contribution in [3.8, 4) is 0 Å². The summed E-state index contributed by atoms with van der Waals surface area (Å²) in [7, 11) is 0. The van der Waals surface area contributed by atoms with E-state index in [1.54, 1.807) is 4.90 Å². The van der Waals surface area contributed by atoms with Gasteiger partial charge in [-0.25, -0.2) is 4.79 Å². The minimum atomic E-state index is -0.527. The Morgan fingerprint density at radius 2 is 1.95 bits per heavy atom. The number of aliphatic hydroxyl groups excluding tert-OH is 1. The molecule has 4 nitrogen and oxygen atoms in total. The number of amides is 1. The molecule has 1 heterocycles. The van der Waals surface area contributed by atoms with Crippen molar-refractivity contribution < 1.29 is 14.6 Å². The number of nitrogens with zero attached hydrogens (tertiary/aromatic N) is 1. The predicted octanol–water partition coefficient (Wildman–Crippen LogP) is 3.12. The zero-order valence-corrected chi connectivity index (χ0v) is 12.4. The summed E-state index contributed by atoms with van der Waals surface area (Å²) in [5.41, 5.74) is 0.565. The summed E-state index contributed by atoms with van der Waals surface area (Å²) in [5.74, 6) is 0. The molecule has 20 heavy (non-hydrogen) atoms. The van der Waals surface area contributed by atoms with Crippen molar-refractivity contribution in [2.45, 2.75) is 51.3 Å². The van der Waals surface area contributed by atoms with Gasteiger partial charge in [0.25, 0.3) is 0 Å². The van der Waals surface area contributed by atoms with Crippen LogP contribution in [0, 0.1) is 0 Å². The van der Waals surface area contributed by atoms with Crippen LogP contribution >= 0.6 is 0 Å². The predicted molar refractivity (Wildman–Crippen MR) is 77.4 cm³/mol. The van der Waals surface area contributed by atoms with Gasteiger partial charge in [0.2, 0.25) is 0 Å². The van der Waals surface area contributed by atoms with Crippen LogP contribution in [0.5, 0.6) is 0 Å². The van der Waals surface area contributed by atoms with E-state index in [1.807, 2.05) is 51.1 Å². The van der Waals surface area contributed by atoms with E-state index in [9.17, 15) is 9.90 Å². The molecule has 1 fully saturated rings. The van der Waals surface area contributed by atoms with Crippen LogP contribution in [0.3, 0.4) is 0 Å². The van der Waals surface area contributed by atoms with Gasteiger partial charge in [0.1, 0.15) is 5.60 Å². The summed E-state index contributed by atoms with van der Waals surface area (Å²) in [6.45, 7) is 5.54. The first-order valence-corrected chi connectivity index (χ1v) is 7.09. The summed E-state index contributed by atoms with van der Waals surface area (Å²) in [4.78, 5) is 14.1. The summed E-state index contributed by atoms with van der Waals surface area (Å²) < 4.78 is 5.48. The summed E-state index contributed by atoms with van der Waals surface area (Å²) >= 11 is 0. The Bertz CT molecular complexity index is 453. The van der Waals surface area contributed by atoms with E-state index in [1.165, 1.54) is 0 Å². The number of carbonyl (C=O) groups excluding carboxylic acids is 1. The molecule has 0 spiro atoms. The van der Waals surface area contributed by atoms with Crippen LogP contribution in [-0.4, -0.2) is 34.3 Å². The fourth-order valence-electron chi connectivity index (χ4n) is 2.66.